The van der Waals surface area contributed by atoms with Crippen molar-refractivity contribution >= 4 is 27.8 Å². The molecule has 2 heterocycles. The largest absolute Gasteiger partial charge is 0.426 e. The van der Waals surface area contributed by atoms with Gasteiger partial charge in [0.05, 0.1) is 0 Å². The van der Waals surface area contributed by atoms with Crippen LogP contribution in [0.25, 0.3) is 0 Å². The zero-order valence-corrected chi connectivity index (χ0v) is 12.7. The first kappa shape index (κ1) is 13.6. The average Bonchev–Trinajstić information content (AvgIpc) is 2.47. The molecule has 1 unspecified atom stereocenters. The number of rotatable bonds is 1. The average molecular weight is 338 g/mol. The summed E-state index contributed by atoms with van der Waals surface area (Å²) in [6.45, 7) is 1.52. The van der Waals surface area contributed by atoms with Crippen LogP contribution in [0.1, 0.15) is 24.8 Å². The third-order valence-corrected chi connectivity index (χ3v) is 4.40. The number of piperidine rings is 1. The van der Waals surface area contributed by atoms with E-state index >= 15 is 0 Å². The van der Waals surface area contributed by atoms with Crippen molar-refractivity contribution in [3.63, 3.8) is 0 Å². The molecular weight excluding hydrogens is 322 g/mol. The summed E-state index contributed by atoms with van der Waals surface area (Å²) < 4.78 is 6.23. The lowest BCUT2D eigenvalue weighted by atomic mass is 9.94. The number of esters is 1. The van der Waals surface area contributed by atoms with Gasteiger partial charge in [-0.1, -0.05) is 15.9 Å². The molecule has 0 saturated carbocycles. The van der Waals surface area contributed by atoms with Crippen LogP contribution in [0.2, 0.25) is 0 Å². The predicted molar refractivity (Wildman–Crippen MR) is 77.4 cm³/mol. The van der Waals surface area contributed by atoms with Crippen molar-refractivity contribution in [1.29, 1.82) is 0 Å². The highest BCUT2D eigenvalue weighted by molar-refractivity contribution is 9.10. The van der Waals surface area contributed by atoms with E-state index in [9.17, 15) is 9.59 Å². The highest BCUT2D eigenvalue weighted by Gasteiger charge is 2.37. The number of carbonyl (C=O) groups is 2. The summed E-state index contributed by atoms with van der Waals surface area (Å²) >= 11 is 3.40. The first-order valence-corrected chi connectivity index (χ1v) is 7.73. The van der Waals surface area contributed by atoms with Gasteiger partial charge < -0.3 is 9.64 Å². The topological polar surface area (TPSA) is 46.6 Å². The van der Waals surface area contributed by atoms with E-state index in [1.165, 1.54) is 0 Å². The second kappa shape index (κ2) is 5.56. The number of halogens is 1. The van der Waals surface area contributed by atoms with Gasteiger partial charge in [0.25, 0.3) is 0 Å². The van der Waals surface area contributed by atoms with Crippen LogP contribution >= 0.6 is 15.9 Å². The Morgan fingerprint density at radius 2 is 2.00 bits per heavy atom. The van der Waals surface area contributed by atoms with Crippen LogP contribution in [0.15, 0.2) is 22.7 Å². The first-order valence-electron chi connectivity index (χ1n) is 6.94. The third kappa shape index (κ3) is 2.59. The second-order valence-corrected chi connectivity index (χ2v) is 6.23. The fourth-order valence-corrected chi connectivity index (χ4v) is 3.22. The molecule has 4 nitrogen and oxygen atoms in total. The van der Waals surface area contributed by atoms with Crippen LogP contribution in [0.3, 0.4) is 0 Å². The van der Waals surface area contributed by atoms with E-state index in [2.05, 4.69) is 15.9 Å². The molecule has 0 aromatic heterocycles. The van der Waals surface area contributed by atoms with Crippen LogP contribution in [-0.2, 0) is 16.0 Å². The zero-order valence-electron chi connectivity index (χ0n) is 11.1. The Labute approximate surface area is 126 Å². The summed E-state index contributed by atoms with van der Waals surface area (Å²) in [6.07, 6.45) is 3.64. The maximum Gasteiger partial charge on any atom is 0.324 e. The monoisotopic (exact) mass is 337 g/mol. The van der Waals surface area contributed by atoms with Crippen molar-refractivity contribution in [2.45, 2.75) is 25.7 Å². The first-order chi connectivity index (χ1) is 9.65. The number of ether oxygens (including phenoxy) is 1. The minimum atomic E-state index is -0.685. The van der Waals surface area contributed by atoms with Crippen LogP contribution in [0.5, 0.6) is 5.75 Å². The summed E-state index contributed by atoms with van der Waals surface area (Å²) in [5.41, 5.74) is 0.911. The summed E-state index contributed by atoms with van der Waals surface area (Å²) in [4.78, 5) is 26.3. The van der Waals surface area contributed by atoms with Crippen molar-refractivity contribution in [2.24, 2.45) is 5.92 Å². The Morgan fingerprint density at radius 1 is 1.25 bits per heavy atom. The SMILES string of the molecule is O=C1Oc2ccc(Br)cc2CC1C(=O)N1CCCCC1. The number of nitrogens with zero attached hydrogens (tertiary/aromatic N) is 1. The Hall–Kier alpha value is -1.36. The Kier molecular flexibility index (Phi) is 3.78. The summed E-state index contributed by atoms with van der Waals surface area (Å²) in [5.74, 6) is -0.619. The van der Waals surface area contributed by atoms with Gasteiger partial charge in [0.1, 0.15) is 11.7 Å². The van der Waals surface area contributed by atoms with Crippen molar-refractivity contribution in [3.05, 3.63) is 28.2 Å². The summed E-state index contributed by atoms with van der Waals surface area (Å²) in [7, 11) is 0. The van der Waals surface area contributed by atoms with E-state index in [0.29, 0.717) is 12.2 Å². The molecule has 0 bridgehead atoms. The molecule has 0 N–H and O–H groups in total. The van der Waals surface area contributed by atoms with Gasteiger partial charge in [-0.15, -0.1) is 0 Å². The molecule has 0 aliphatic carbocycles. The number of hydrogen-bond donors (Lipinski definition) is 0. The molecule has 1 amide bonds. The number of carbonyl (C=O) groups excluding carboxylic acids is 2. The van der Waals surface area contributed by atoms with Crippen LogP contribution in [-0.4, -0.2) is 29.9 Å². The zero-order chi connectivity index (χ0) is 14.1. The Balaban J connectivity index is 1.80. The van der Waals surface area contributed by atoms with Crippen LogP contribution < -0.4 is 4.74 Å². The van der Waals surface area contributed by atoms with E-state index in [4.69, 9.17) is 4.74 Å². The van der Waals surface area contributed by atoms with E-state index in [-0.39, 0.29) is 5.91 Å². The molecule has 106 valence electrons. The maximum absolute atomic E-state index is 12.5. The summed E-state index contributed by atoms with van der Waals surface area (Å²) in [6, 6.07) is 5.51. The quantitative estimate of drug-likeness (QED) is 0.449. The van der Waals surface area contributed by atoms with E-state index in [1.807, 2.05) is 12.1 Å². The van der Waals surface area contributed by atoms with Gasteiger partial charge in [-0.25, -0.2) is 0 Å². The lowest BCUT2D eigenvalue weighted by Crippen LogP contribution is -2.45. The lowest BCUT2D eigenvalue weighted by Gasteiger charge is -2.31. The third-order valence-electron chi connectivity index (χ3n) is 3.91. The van der Waals surface area contributed by atoms with Gasteiger partial charge in [0, 0.05) is 17.6 Å². The van der Waals surface area contributed by atoms with Crippen LogP contribution in [0, 0.1) is 5.92 Å². The van der Waals surface area contributed by atoms with Gasteiger partial charge in [0.2, 0.25) is 5.91 Å². The van der Waals surface area contributed by atoms with Crippen molar-refractivity contribution in [1.82, 2.24) is 4.90 Å². The molecule has 0 spiro atoms. The second-order valence-electron chi connectivity index (χ2n) is 5.32. The Morgan fingerprint density at radius 3 is 2.75 bits per heavy atom. The van der Waals surface area contributed by atoms with Crippen LogP contribution in [0.4, 0.5) is 0 Å². The fraction of sp³-hybridized carbons (Fsp3) is 0.467. The molecule has 1 fully saturated rings. The molecule has 3 rings (SSSR count). The van der Waals surface area contributed by atoms with E-state index < -0.39 is 11.9 Å². The van der Waals surface area contributed by atoms with Gasteiger partial charge in [0.15, 0.2) is 0 Å². The number of likely N-dealkylation sites (tertiary alicyclic amines) is 1. The molecule has 5 heteroatoms. The molecule has 1 aromatic carbocycles. The van der Waals surface area contributed by atoms with Gasteiger partial charge in [-0.2, -0.15) is 0 Å². The molecule has 1 saturated heterocycles. The van der Waals surface area contributed by atoms with Gasteiger partial charge in [-0.3, -0.25) is 9.59 Å². The van der Waals surface area contributed by atoms with Crippen molar-refractivity contribution < 1.29 is 14.3 Å². The maximum atomic E-state index is 12.5. The highest BCUT2D eigenvalue weighted by atomic mass is 79.9. The Bertz CT molecular complexity index is 552. The van der Waals surface area contributed by atoms with Gasteiger partial charge >= 0.3 is 5.97 Å². The normalized spacial score (nSPS) is 22.1. The highest BCUT2D eigenvalue weighted by Crippen LogP contribution is 2.31. The minimum absolute atomic E-state index is 0.0830. The van der Waals surface area contributed by atoms with Gasteiger partial charge in [-0.05, 0) is 49.4 Å². The van der Waals surface area contributed by atoms with E-state index in [1.54, 1.807) is 11.0 Å². The number of fused-ring (bicyclic) bond motifs is 1. The molecular formula is C15H16BrNO3. The van der Waals surface area contributed by atoms with E-state index in [0.717, 1.165) is 42.4 Å². The molecule has 1 atom stereocenters. The van der Waals surface area contributed by atoms with Crippen molar-refractivity contribution in [3.8, 4) is 5.75 Å². The number of hydrogen-bond acceptors (Lipinski definition) is 3. The smallest absolute Gasteiger partial charge is 0.324 e. The molecule has 20 heavy (non-hydrogen) atoms. The molecule has 2 aliphatic rings. The lowest BCUT2D eigenvalue weighted by molar-refractivity contribution is -0.150. The number of benzene rings is 1. The number of amides is 1. The molecule has 1 aromatic rings. The molecule has 2 aliphatic heterocycles. The fourth-order valence-electron chi connectivity index (χ4n) is 2.81. The predicted octanol–water partition coefficient (Wildman–Crippen LogP) is 2.54. The van der Waals surface area contributed by atoms with Crippen molar-refractivity contribution in [2.75, 3.05) is 13.1 Å². The minimum Gasteiger partial charge on any atom is -0.426 e. The molecule has 0 radical (unpaired) electrons. The standard InChI is InChI=1S/C15H16BrNO3/c16-11-4-5-13-10(8-11)9-12(15(19)20-13)14(18)17-6-2-1-3-7-17/h4-5,8,12H,1-3,6-7,9H2. The summed E-state index contributed by atoms with van der Waals surface area (Å²) in [5, 5.41) is 0.